The molecule has 1 fully saturated rings. The molecule has 1 amide bonds. The number of oxazole rings is 1. The summed E-state index contributed by atoms with van der Waals surface area (Å²) in [6.07, 6.45) is 0. The molecule has 0 spiro atoms. The van der Waals surface area contributed by atoms with Gasteiger partial charge in [-0.3, -0.25) is 9.36 Å². The fraction of sp³-hybridized carbons (Fsp3) is 0.467. The first-order valence-corrected chi connectivity index (χ1v) is 9.31. The number of hydrogen-bond donors (Lipinski definition) is 0. The molecule has 1 aliphatic rings. The van der Waals surface area contributed by atoms with Gasteiger partial charge >= 0.3 is 5.76 Å². The van der Waals surface area contributed by atoms with E-state index >= 15 is 0 Å². The van der Waals surface area contributed by atoms with Crippen LogP contribution < -0.4 is 5.76 Å². The molecule has 1 aromatic carbocycles. The monoisotopic (exact) mass is 353 g/mol. The van der Waals surface area contributed by atoms with Crippen LogP contribution in [-0.4, -0.2) is 60.0 Å². The Bertz CT molecular complexity index is 936. The van der Waals surface area contributed by atoms with Crippen LogP contribution in [0.25, 0.3) is 11.1 Å². The van der Waals surface area contributed by atoms with Crippen LogP contribution in [0.15, 0.2) is 27.4 Å². The van der Waals surface area contributed by atoms with Crippen LogP contribution in [0.1, 0.15) is 17.3 Å². The van der Waals surface area contributed by atoms with E-state index in [9.17, 15) is 18.0 Å². The van der Waals surface area contributed by atoms with Gasteiger partial charge in [0.25, 0.3) is 5.91 Å². The third-order valence-electron chi connectivity index (χ3n) is 4.32. The summed E-state index contributed by atoms with van der Waals surface area (Å²) in [6.45, 7) is 2.88. The first kappa shape index (κ1) is 16.7. The number of piperazine rings is 1. The Balaban J connectivity index is 1.77. The molecule has 24 heavy (non-hydrogen) atoms. The van der Waals surface area contributed by atoms with E-state index in [4.69, 9.17) is 4.42 Å². The molecule has 1 aromatic heterocycles. The van der Waals surface area contributed by atoms with Crippen LogP contribution in [0.4, 0.5) is 0 Å². The highest BCUT2D eigenvalue weighted by molar-refractivity contribution is 7.89. The number of aromatic nitrogens is 1. The first-order chi connectivity index (χ1) is 11.3. The van der Waals surface area contributed by atoms with Gasteiger partial charge in [-0.1, -0.05) is 0 Å². The van der Waals surface area contributed by atoms with E-state index in [0.29, 0.717) is 42.8 Å². The number of rotatable bonds is 3. The fourth-order valence-electron chi connectivity index (χ4n) is 2.80. The zero-order valence-electron chi connectivity index (χ0n) is 13.6. The number of carbonyl (C=O) groups excluding carboxylic acids is 1. The largest absolute Gasteiger partial charge is 0.419 e. The van der Waals surface area contributed by atoms with E-state index in [-0.39, 0.29) is 11.7 Å². The summed E-state index contributed by atoms with van der Waals surface area (Å²) in [7, 11) is -1.62. The standard InChI is InChI=1S/C15H19N3O5S/c1-3-24(21,22)18-8-6-17(7-9-18)14(19)11-4-5-12-13(10-11)23-15(20)16(12)2/h4-5,10H,3,6-9H2,1-2H3. The maximum atomic E-state index is 12.6. The Morgan fingerprint density at radius 1 is 1.21 bits per heavy atom. The Morgan fingerprint density at radius 3 is 2.50 bits per heavy atom. The highest BCUT2D eigenvalue weighted by atomic mass is 32.2. The molecule has 0 saturated carbocycles. The van der Waals surface area contributed by atoms with Gasteiger partial charge in [0.15, 0.2) is 5.58 Å². The van der Waals surface area contributed by atoms with Gasteiger partial charge in [0.1, 0.15) is 0 Å². The summed E-state index contributed by atoms with van der Waals surface area (Å²) in [4.78, 5) is 25.7. The van der Waals surface area contributed by atoms with Gasteiger partial charge in [-0.05, 0) is 25.1 Å². The summed E-state index contributed by atoms with van der Waals surface area (Å²) in [5, 5.41) is 0. The van der Waals surface area contributed by atoms with Crippen molar-refractivity contribution in [1.82, 2.24) is 13.8 Å². The molecular weight excluding hydrogens is 334 g/mol. The topological polar surface area (TPSA) is 92.8 Å². The number of carbonyl (C=O) groups is 1. The van der Waals surface area contributed by atoms with Crippen LogP contribution in [0.3, 0.4) is 0 Å². The van der Waals surface area contributed by atoms with Crippen molar-refractivity contribution < 1.29 is 17.6 Å². The minimum absolute atomic E-state index is 0.0602. The van der Waals surface area contributed by atoms with Crippen LogP contribution in [0.2, 0.25) is 0 Å². The molecule has 3 rings (SSSR count). The lowest BCUT2D eigenvalue weighted by molar-refractivity contribution is 0.0698. The number of aryl methyl sites for hydroxylation is 1. The Hall–Kier alpha value is -2.13. The highest BCUT2D eigenvalue weighted by Crippen LogP contribution is 2.17. The van der Waals surface area contributed by atoms with E-state index in [0.717, 1.165) is 0 Å². The quantitative estimate of drug-likeness (QED) is 0.788. The fourth-order valence-corrected chi connectivity index (χ4v) is 3.89. The first-order valence-electron chi connectivity index (χ1n) is 7.70. The third kappa shape index (κ3) is 2.84. The lowest BCUT2D eigenvalue weighted by Crippen LogP contribution is -2.50. The van der Waals surface area contributed by atoms with Gasteiger partial charge in [0, 0.05) is 38.8 Å². The Morgan fingerprint density at radius 2 is 1.88 bits per heavy atom. The molecular formula is C15H19N3O5S. The van der Waals surface area contributed by atoms with E-state index in [1.807, 2.05) is 0 Å². The molecule has 0 bridgehead atoms. The van der Waals surface area contributed by atoms with Gasteiger partial charge in [-0.2, -0.15) is 4.31 Å². The second-order valence-electron chi connectivity index (χ2n) is 5.70. The van der Waals surface area contributed by atoms with Crippen molar-refractivity contribution in [3.05, 3.63) is 34.3 Å². The minimum Gasteiger partial charge on any atom is -0.408 e. The summed E-state index contributed by atoms with van der Waals surface area (Å²) in [5.41, 5.74) is 1.40. The summed E-state index contributed by atoms with van der Waals surface area (Å²) in [6, 6.07) is 4.87. The van der Waals surface area contributed by atoms with Gasteiger partial charge < -0.3 is 9.32 Å². The minimum atomic E-state index is -3.22. The smallest absolute Gasteiger partial charge is 0.408 e. The lowest BCUT2D eigenvalue weighted by Gasteiger charge is -2.33. The molecule has 0 atom stereocenters. The van der Waals surface area contributed by atoms with Crippen molar-refractivity contribution >= 4 is 27.0 Å². The highest BCUT2D eigenvalue weighted by Gasteiger charge is 2.28. The predicted molar refractivity (Wildman–Crippen MR) is 88.4 cm³/mol. The normalized spacial score (nSPS) is 16.7. The maximum absolute atomic E-state index is 12.6. The maximum Gasteiger partial charge on any atom is 0.419 e. The molecule has 130 valence electrons. The zero-order valence-corrected chi connectivity index (χ0v) is 14.4. The second kappa shape index (κ2) is 6.06. The lowest BCUT2D eigenvalue weighted by atomic mass is 10.1. The number of fused-ring (bicyclic) bond motifs is 1. The van der Waals surface area contributed by atoms with Gasteiger partial charge in [0.05, 0.1) is 11.3 Å². The number of amides is 1. The van der Waals surface area contributed by atoms with Gasteiger partial charge in [-0.25, -0.2) is 13.2 Å². The average molecular weight is 353 g/mol. The molecule has 0 radical (unpaired) electrons. The van der Waals surface area contributed by atoms with E-state index in [2.05, 4.69) is 0 Å². The van der Waals surface area contributed by atoms with Gasteiger partial charge in [0.2, 0.25) is 10.0 Å². The summed E-state index contributed by atoms with van der Waals surface area (Å²) >= 11 is 0. The Labute approximate surface area is 139 Å². The molecule has 1 saturated heterocycles. The van der Waals surface area contributed by atoms with E-state index in [1.54, 1.807) is 37.1 Å². The molecule has 8 nitrogen and oxygen atoms in total. The van der Waals surface area contributed by atoms with Crippen LogP contribution in [0.5, 0.6) is 0 Å². The van der Waals surface area contributed by atoms with Crippen molar-refractivity contribution in [3.63, 3.8) is 0 Å². The molecule has 0 aliphatic carbocycles. The molecule has 0 unspecified atom stereocenters. The molecule has 2 aromatic rings. The number of hydrogen-bond acceptors (Lipinski definition) is 5. The average Bonchev–Trinajstić information content (AvgIpc) is 2.88. The van der Waals surface area contributed by atoms with Gasteiger partial charge in [-0.15, -0.1) is 0 Å². The van der Waals surface area contributed by atoms with Crippen molar-refractivity contribution in [1.29, 1.82) is 0 Å². The van der Waals surface area contributed by atoms with E-state index < -0.39 is 15.8 Å². The van der Waals surface area contributed by atoms with Crippen LogP contribution in [0, 0.1) is 0 Å². The van der Waals surface area contributed by atoms with Crippen molar-refractivity contribution in [2.75, 3.05) is 31.9 Å². The number of benzene rings is 1. The predicted octanol–water partition coefficient (Wildman–Crippen LogP) is 0.239. The zero-order chi connectivity index (χ0) is 17.5. The van der Waals surface area contributed by atoms with Crippen molar-refractivity contribution in [2.24, 2.45) is 7.05 Å². The number of sulfonamides is 1. The van der Waals surface area contributed by atoms with E-state index in [1.165, 1.54) is 8.87 Å². The number of nitrogens with zero attached hydrogens (tertiary/aromatic N) is 3. The second-order valence-corrected chi connectivity index (χ2v) is 7.96. The van der Waals surface area contributed by atoms with Crippen LogP contribution in [-0.2, 0) is 17.1 Å². The van der Waals surface area contributed by atoms with Crippen molar-refractivity contribution in [3.8, 4) is 0 Å². The van der Waals surface area contributed by atoms with Crippen molar-refractivity contribution in [2.45, 2.75) is 6.92 Å². The molecule has 2 heterocycles. The summed E-state index contributed by atoms with van der Waals surface area (Å²) in [5.74, 6) is -0.616. The third-order valence-corrected chi connectivity index (χ3v) is 6.20. The summed E-state index contributed by atoms with van der Waals surface area (Å²) < 4.78 is 31.6. The SMILES string of the molecule is CCS(=O)(=O)N1CCN(C(=O)c2ccc3c(c2)oc(=O)n3C)CC1. The molecule has 0 N–H and O–H groups in total. The molecule has 9 heteroatoms. The van der Waals surface area contributed by atoms with Crippen LogP contribution >= 0.6 is 0 Å². The molecule has 1 aliphatic heterocycles. The Kier molecular flexibility index (Phi) is 4.22.